The van der Waals surface area contributed by atoms with Crippen molar-refractivity contribution in [2.24, 2.45) is 0 Å². The molecule has 4 rings (SSSR count). The molecule has 150 valence electrons. The number of aromatic nitrogens is 1. The first-order chi connectivity index (χ1) is 14.4. The van der Waals surface area contributed by atoms with Gasteiger partial charge in [0.25, 0.3) is 11.6 Å². The third-order valence-electron chi connectivity index (χ3n) is 4.07. The number of carbonyl (C=O) groups is 1. The van der Waals surface area contributed by atoms with Crippen LogP contribution in [0.15, 0.2) is 69.9 Å². The fraction of sp³-hybridized carbons (Fsp3) is 0. The molecule has 0 unspecified atom stereocenters. The van der Waals surface area contributed by atoms with Gasteiger partial charge in [-0.15, -0.1) is 11.3 Å². The van der Waals surface area contributed by atoms with Gasteiger partial charge >= 0.3 is 0 Å². The zero-order chi connectivity index (χ0) is 21.3. The van der Waals surface area contributed by atoms with Crippen LogP contribution in [0, 0.1) is 10.1 Å². The third-order valence-corrected chi connectivity index (χ3v) is 6.99. The highest BCUT2D eigenvalue weighted by atomic mass is 35.5. The fourth-order valence-corrected chi connectivity index (χ4v) is 5.18. The molecule has 0 bridgehead atoms. The van der Waals surface area contributed by atoms with E-state index >= 15 is 0 Å². The molecule has 4 aromatic rings. The standard InChI is InChI=1S/C20H11Cl2N3O3S2/c21-14-7-6-12(25(27)28)10-13(14)19(26)23-11-5-8-17(15(22)9-11)29-20-24-16-3-1-2-4-18(16)30-20/h1-10H,(H,23,26). The van der Waals surface area contributed by atoms with Crippen LogP contribution in [0.1, 0.15) is 10.4 Å². The molecule has 10 heteroatoms. The number of nitro benzene ring substituents is 1. The Morgan fingerprint density at radius 1 is 1.07 bits per heavy atom. The summed E-state index contributed by atoms with van der Waals surface area (Å²) >= 11 is 15.4. The largest absolute Gasteiger partial charge is 0.322 e. The van der Waals surface area contributed by atoms with Gasteiger partial charge in [-0.3, -0.25) is 14.9 Å². The van der Waals surface area contributed by atoms with Gasteiger partial charge in [0.2, 0.25) is 0 Å². The van der Waals surface area contributed by atoms with E-state index in [1.165, 1.54) is 23.9 Å². The average Bonchev–Trinajstić information content (AvgIpc) is 3.12. The van der Waals surface area contributed by atoms with Gasteiger partial charge in [-0.2, -0.15) is 0 Å². The molecule has 1 amide bonds. The predicted molar refractivity (Wildman–Crippen MR) is 121 cm³/mol. The van der Waals surface area contributed by atoms with Crippen LogP contribution in [0.2, 0.25) is 10.0 Å². The summed E-state index contributed by atoms with van der Waals surface area (Å²) in [6, 6.07) is 16.7. The van der Waals surface area contributed by atoms with Gasteiger partial charge in [0.1, 0.15) is 0 Å². The van der Waals surface area contributed by atoms with E-state index in [1.807, 2.05) is 24.3 Å². The minimum Gasteiger partial charge on any atom is -0.322 e. The number of nitrogens with one attached hydrogen (secondary N) is 1. The van der Waals surface area contributed by atoms with E-state index in [4.69, 9.17) is 23.2 Å². The van der Waals surface area contributed by atoms with Gasteiger partial charge in [0.05, 0.1) is 30.7 Å². The van der Waals surface area contributed by atoms with Crippen LogP contribution in [0.5, 0.6) is 0 Å². The van der Waals surface area contributed by atoms with Crippen molar-refractivity contribution in [2.75, 3.05) is 5.32 Å². The number of non-ortho nitro benzene ring substituents is 1. The van der Waals surface area contributed by atoms with E-state index < -0.39 is 10.8 Å². The van der Waals surface area contributed by atoms with Gasteiger partial charge in [0.15, 0.2) is 4.34 Å². The Kier molecular flexibility index (Phi) is 5.92. The molecule has 0 aliphatic rings. The lowest BCUT2D eigenvalue weighted by Crippen LogP contribution is -2.12. The number of anilines is 1. The van der Waals surface area contributed by atoms with Crippen molar-refractivity contribution in [1.29, 1.82) is 0 Å². The van der Waals surface area contributed by atoms with Crippen molar-refractivity contribution in [1.82, 2.24) is 4.98 Å². The lowest BCUT2D eigenvalue weighted by Gasteiger charge is -2.09. The Morgan fingerprint density at radius 3 is 2.60 bits per heavy atom. The first-order valence-electron chi connectivity index (χ1n) is 8.49. The molecule has 1 N–H and O–H groups in total. The van der Waals surface area contributed by atoms with Crippen molar-refractivity contribution in [3.63, 3.8) is 0 Å². The summed E-state index contributed by atoms with van der Waals surface area (Å²) in [5, 5.41) is 14.2. The second-order valence-corrected chi connectivity index (χ2v) is 9.20. The van der Waals surface area contributed by atoms with Crippen LogP contribution < -0.4 is 5.32 Å². The molecule has 0 spiro atoms. The molecule has 0 aliphatic carbocycles. The van der Waals surface area contributed by atoms with E-state index in [-0.39, 0.29) is 16.3 Å². The maximum absolute atomic E-state index is 12.5. The van der Waals surface area contributed by atoms with E-state index in [0.717, 1.165) is 25.5 Å². The summed E-state index contributed by atoms with van der Waals surface area (Å²) < 4.78 is 1.95. The second kappa shape index (κ2) is 8.61. The van der Waals surface area contributed by atoms with Crippen molar-refractivity contribution < 1.29 is 9.72 Å². The monoisotopic (exact) mass is 475 g/mol. The molecule has 1 heterocycles. The van der Waals surface area contributed by atoms with E-state index in [2.05, 4.69) is 10.3 Å². The van der Waals surface area contributed by atoms with Crippen LogP contribution in [-0.2, 0) is 0 Å². The Bertz CT molecular complexity index is 1260. The normalized spacial score (nSPS) is 10.9. The number of thiazole rings is 1. The average molecular weight is 476 g/mol. The van der Waals surface area contributed by atoms with Crippen molar-refractivity contribution >= 4 is 73.8 Å². The molecule has 3 aromatic carbocycles. The summed E-state index contributed by atoms with van der Waals surface area (Å²) in [6.45, 7) is 0. The molecule has 0 fully saturated rings. The zero-order valence-corrected chi connectivity index (χ0v) is 18.1. The zero-order valence-electron chi connectivity index (χ0n) is 15.0. The van der Waals surface area contributed by atoms with Crippen molar-refractivity contribution in [2.45, 2.75) is 9.24 Å². The molecule has 0 saturated carbocycles. The lowest BCUT2D eigenvalue weighted by atomic mass is 10.2. The molecular formula is C20H11Cl2N3O3S2. The smallest absolute Gasteiger partial charge is 0.270 e. The first kappa shape index (κ1) is 20.6. The maximum Gasteiger partial charge on any atom is 0.270 e. The number of carbonyl (C=O) groups excluding carboxylic acids is 1. The molecule has 30 heavy (non-hydrogen) atoms. The minimum absolute atomic E-state index is 0.00918. The summed E-state index contributed by atoms with van der Waals surface area (Å²) in [5.41, 5.74) is 1.17. The first-order valence-corrected chi connectivity index (χ1v) is 10.9. The Hall–Kier alpha value is -2.65. The molecular weight excluding hydrogens is 465 g/mol. The van der Waals surface area contributed by atoms with Crippen molar-refractivity contribution in [3.05, 3.63) is 86.4 Å². The highest BCUT2D eigenvalue weighted by Gasteiger charge is 2.17. The molecule has 6 nitrogen and oxygen atoms in total. The quantitative estimate of drug-likeness (QED) is 0.250. The lowest BCUT2D eigenvalue weighted by molar-refractivity contribution is -0.384. The summed E-state index contributed by atoms with van der Waals surface area (Å²) in [7, 11) is 0. The van der Waals surface area contributed by atoms with Gasteiger partial charge in [-0.25, -0.2) is 4.98 Å². The number of nitro groups is 1. The van der Waals surface area contributed by atoms with Crippen LogP contribution in [0.25, 0.3) is 10.2 Å². The fourth-order valence-electron chi connectivity index (χ4n) is 2.65. The van der Waals surface area contributed by atoms with Crippen molar-refractivity contribution in [3.8, 4) is 0 Å². The summed E-state index contributed by atoms with van der Waals surface area (Å²) in [5.74, 6) is -0.564. The van der Waals surface area contributed by atoms with Crippen LogP contribution >= 0.6 is 46.3 Å². The number of halogens is 2. The number of amides is 1. The third kappa shape index (κ3) is 4.41. The minimum atomic E-state index is -0.585. The number of hydrogen-bond acceptors (Lipinski definition) is 6. The molecule has 0 radical (unpaired) electrons. The number of benzene rings is 3. The molecule has 0 aliphatic heterocycles. The Morgan fingerprint density at radius 2 is 1.87 bits per heavy atom. The molecule has 1 aromatic heterocycles. The SMILES string of the molecule is O=C(Nc1ccc(Sc2nc3ccccc3s2)c(Cl)c1)c1cc([N+](=O)[O-])ccc1Cl. The van der Waals surface area contributed by atoms with E-state index in [9.17, 15) is 14.9 Å². The predicted octanol–water partition coefficient (Wildman–Crippen LogP) is 6.91. The highest BCUT2D eigenvalue weighted by Crippen LogP contribution is 2.38. The molecule has 0 saturated heterocycles. The highest BCUT2D eigenvalue weighted by molar-refractivity contribution is 8.01. The van der Waals surface area contributed by atoms with Gasteiger partial charge < -0.3 is 5.32 Å². The van der Waals surface area contributed by atoms with Crippen LogP contribution in [0.3, 0.4) is 0 Å². The number of rotatable bonds is 5. The van der Waals surface area contributed by atoms with E-state index in [0.29, 0.717) is 10.7 Å². The Balaban J connectivity index is 1.52. The van der Waals surface area contributed by atoms with E-state index in [1.54, 1.807) is 29.5 Å². The Labute approximate surface area is 189 Å². The van der Waals surface area contributed by atoms with Gasteiger partial charge in [-0.1, -0.05) is 47.1 Å². The second-order valence-electron chi connectivity index (χ2n) is 6.07. The summed E-state index contributed by atoms with van der Waals surface area (Å²) in [4.78, 5) is 28.2. The number of hydrogen-bond donors (Lipinski definition) is 1. The van der Waals surface area contributed by atoms with Gasteiger partial charge in [0, 0.05) is 22.7 Å². The van der Waals surface area contributed by atoms with Crippen LogP contribution in [0.4, 0.5) is 11.4 Å². The topological polar surface area (TPSA) is 85.1 Å². The maximum atomic E-state index is 12.5. The summed E-state index contributed by atoms with van der Waals surface area (Å²) in [6.07, 6.45) is 0. The number of fused-ring (bicyclic) bond motifs is 1. The number of para-hydroxylation sites is 1. The molecule has 0 atom stereocenters. The van der Waals surface area contributed by atoms with Gasteiger partial charge in [-0.05, 0) is 36.4 Å². The van der Waals surface area contributed by atoms with Crippen LogP contribution in [-0.4, -0.2) is 15.8 Å². The number of nitrogens with zero attached hydrogens (tertiary/aromatic N) is 2.